The molecule has 1 aromatic heterocycles. The van der Waals surface area contributed by atoms with Crippen molar-refractivity contribution in [2.24, 2.45) is 0 Å². The Kier molecular flexibility index (Phi) is 4.92. The van der Waals surface area contributed by atoms with Crippen LogP contribution in [0.25, 0.3) is 10.9 Å². The molecule has 0 saturated heterocycles. The van der Waals surface area contributed by atoms with E-state index in [4.69, 9.17) is 21.6 Å². The Morgan fingerprint density at radius 1 is 1.24 bits per heavy atom. The first-order chi connectivity index (χ1) is 12.1. The number of hydrogen-bond donors (Lipinski definition) is 2. The number of pyridine rings is 1. The van der Waals surface area contributed by atoms with E-state index in [2.05, 4.69) is 16.4 Å². The number of nitrogens with zero attached hydrogens (tertiary/aromatic N) is 1. The van der Waals surface area contributed by atoms with Gasteiger partial charge in [0, 0.05) is 34.4 Å². The summed E-state index contributed by atoms with van der Waals surface area (Å²) in [7, 11) is 1.53. The lowest BCUT2D eigenvalue weighted by Gasteiger charge is -2.09. The first-order valence-corrected chi connectivity index (χ1v) is 8.12. The minimum Gasteiger partial charge on any atom is -0.495 e. The maximum absolute atomic E-state index is 12.2. The highest BCUT2D eigenvalue weighted by molar-refractivity contribution is 6.31. The van der Waals surface area contributed by atoms with E-state index >= 15 is 0 Å². The number of ether oxygens (including phenoxy) is 1. The molecule has 0 spiro atoms. The zero-order valence-corrected chi connectivity index (χ0v) is 14.4. The highest BCUT2D eigenvalue weighted by Gasteiger charge is 2.06. The van der Waals surface area contributed by atoms with Crippen molar-refractivity contribution in [1.82, 2.24) is 4.98 Å². The highest BCUT2D eigenvalue weighted by atomic mass is 35.5. The third-order valence-electron chi connectivity index (χ3n) is 3.93. The molecule has 2 N–H and O–H groups in total. The molecule has 5 nitrogen and oxygen atoms in total. The number of rotatable bonds is 5. The van der Waals surface area contributed by atoms with Crippen LogP contribution in [-0.4, -0.2) is 18.6 Å². The minimum atomic E-state index is -0.103. The lowest BCUT2D eigenvalue weighted by molar-refractivity contribution is 0.413. The van der Waals surface area contributed by atoms with Crippen molar-refractivity contribution >= 4 is 28.2 Å². The van der Waals surface area contributed by atoms with Crippen molar-refractivity contribution in [1.29, 1.82) is 5.26 Å². The largest absolute Gasteiger partial charge is 0.495 e. The van der Waals surface area contributed by atoms with Gasteiger partial charge in [-0.2, -0.15) is 5.26 Å². The molecule has 0 amide bonds. The fourth-order valence-electron chi connectivity index (χ4n) is 2.64. The van der Waals surface area contributed by atoms with E-state index in [1.54, 1.807) is 24.3 Å². The van der Waals surface area contributed by atoms with Crippen LogP contribution in [0.4, 0.5) is 5.69 Å². The summed E-state index contributed by atoms with van der Waals surface area (Å²) in [6.07, 6.45) is 0.556. The fourth-order valence-corrected chi connectivity index (χ4v) is 2.82. The predicted octanol–water partition coefficient (Wildman–Crippen LogP) is 3.72. The molecule has 3 aromatic rings. The van der Waals surface area contributed by atoms with Crippen LogP contribution in [0.2, 0.25) is 5.02 Å². The Labute approximate surface area is 149 Å². The molecule has 0 fully saturated rings. The molecule has 25 heavy (non-hydrogen) atoms. The van der Waals surface area contributed by atoms with E-state index in [0.717, 1.165) is 16.6 Å². The number of hydrogen-bond acceptors (Lipinski definition) is 4. The van der Waals surface area contributed by atoms with Crippen LogP contribution >= 0.6 is 11.6 Å². The molecule has 0 saturated carbocycles. The summed E-state index contributed by atoms with van der Waals surface area (Å²) in [6.45, 7) is 0.574. The molecule has 3 rings (SSSR count). The maximum Gasteiger partial charge on any atom is 0.251 e. The Morgan fingerprint density at radius 2 is 2.08 bits per heavy atom. The van der Waals surface area contributed by atoms with Crippen LogP contribution in [0.3, 0.4) is 0 Å². The van der Waals surface area contributed by atoms with Crippen LogP contribution in [0, 0.1) is 11.3 Å². The Morgan fingerprint density at radius 3 is 2.84 bits per heavy atom. The van der Waals surface area contributed by atoms with Crippen LogP contribution in [0.5, 0.6) is 5.75 Å². The van der Waals surface area contributed by atoms with E-state index in [-0.39, 0.29) is 5.56 Å². The molecule has 0 unspecified atom stereocenters. The van der Waals surface area contributed by atoms with Gasteiger partial charge in [-0.15, -0.1) is 0 Å². The van der Waals surface area contributed by atoms with Gasteiger partial charge in [-0.25, -0.2) is 0 Å². The smallest absolute Gasteiger partial charge is 0.251 e. The van der Waals surface area contributed by atoms with Crippen LogP contribution in [-0.2, 0) is 6.42 Å². The number of anilines is 1. The monoisotopic (exact) mass is 353 g/mol. The van der Waals surface area contributed by atoms with Gasteiger partial charge < -0.3 is 15.0 Å². The number of aromatic nitrogens is 1. The minimum absolute atomic E-state index is 0.103. The third kappa shape index (κ3) is 3.76. The van der Waals surface area contributed by atoms with Gasteiger partial charge in [-0.05, 0) is 48.2 Å². The molecule has 0 radical (unpaired) electrons. The zero-order chi connectivity index (χ0) is 17.8. The van der Waals surface area contributed by atoms with Gasteiger partial charge in [0.2, 0.25) is 0 Å². The number of benzene rings is 2. The molecule has 0 bridgehead atoms. The third-order valence-corrected chi connectivity index (χ3v) is 4.16. The van der Waals surface area contributed by atoms with Gasteiger partial charge in [-0.3, -0.25) is 4.79 Å². The SMILES string of the molecule is COc1cc(NCCc2cc3cc(Cl)ccc3[nH]c2=O)ccc1C#N. The summed E-state index contributed by atoms with van der Waals surface area (Å²) >= 11 is 6.01. The zero-order valence-electron chi connectivity index (χ0n) is 13.6. The topological polar surface area (TPSA) is 77.9 Å². The van der Waals surface area contributed by atoms with Crippen LogP contribution in [0.15, 0.2) is 47.3 Å². The standard InChI is InChI=1S/C19H16ClN3O2/c1-25-18-10-16(4-2-13(18)11-21)22-7-6-12-8-14-9-15(20)3-5-17(14)23-19(12)24/h2-5,8-10,22H,6-7H2,1H3,(H,23,24). The molecule has 0 atom stereocenters. The van der Waals surface area contributed by atoms with Gasteiger partial charge in [0.05, 0.1) is 12.7 Å². The normalized spacial score (nSPS) is 10.4. The molecule has 0 aliphatic rings. The molecule has 126 valence electrons. The number of H-pyrrole nitrogens is 1. The Hall–Kier alpha value is -2.97. The molecular weight excluding hydrogens is 338 g/mol. The van der Waals surface area contributed by atoms with E-state index in [1.165, 1.54) is 7.11 Å². The summed E-state index contributed by atoms with van der Waals surface area (Å²) < 4.78 is 5.19. The lowest BCUT2D eigenvalue weighted by atomic mass is 10.1. The quantitative estimate of drug-likeness (QED) is 0.732. The van der Waals surface area contributed by atoms with Gasteiger partial charge in [-0.1, -0.05) is 11.6 Å². The number of nitrogens with one attached hydrogen (secondary N) is 2. The first kappa shape index (κ1) is 16.9. The molecule has 2 aromatic carbocycles. The second-order valence-electron chi connectivity index (χ2n) is 5.56. The average molecular weight is 354 g/mol. The first-order valence-electron chi connectivity index (χ1n) is 7.74. The average Bonchev–Trinajstić information content (AvgIpc) is 2.62. The maximum atomic E-state index is 12.2. The van der Waals surface area contributed by atoms with Crippen molar-refractivity contribution in [3.05, 3.63) is 69.0 Å². The fraction of sp³-hybridized carbons (Fsp3) is 0.158. The van der Waals surface area contributed by atoms with E-state index in [0.29, 0.717) is 34.9 Å². The Bertz CT molecular complexity index is 1020. The van der Waals surface area contributed by atoms with Crippen molar-refractivity contribution in [2.75, 3.05) is 19.0 Å². The number of fused-ring (bicyclic) bond motifs is 1. The van der Waals surface area contributed by atoms with Gasteiger partial charge in [0.1, 0.15) is 11.8 Å². The van der Waals surface area contributed by atoms with Gasteiger partial charge >= 0.3 is 0 Å². The van der Waals surface area contributed by atoms with E-state index < -0.39 is 0 Å². The van der Waals surface area contributed by atoms with Crippen LogP contribution in [0.1, 0.15) is 11.1 Å². The number of nitriles is 1. The second-order valence-corrected chi connectivity index (χ2v) is 6.00. The number of aromatic amines is 1. The second kappa shape index (κ2) is 7.29. The van der Waals surface area contributed by atoms with E-state index in [9.17, 15) is 4.79 Å². The summed E-state index contributed by atoms with van der Waals surface area (Å²) in [6, 6.07) is 14.6. The highest BCUT2D eigenvalue weighted by Crippen LogP contribution is 2.22. The number of halogens is 1. The lowest BCUT2D eigenvalue weighted by Crippen LogP contribution is -2.16. The van der Waals surface area contributed by atoms with Crippen molar-refractivity contribution in [2.45, 2.75) is 6.42 Å². The number of methoxy groups -OCH3 is 1. The Balaban J connectivity index is 1.74. The summed E-state index contributed by atoms with van der Waals surface area (Å²) in [5.74, 6) is 0.519. The molecule has 1 heterocycles. The molecule has 0 aliphatic carbocycles. The van der Waals surface area contributed by atoms with Crippen molar-refractivity contribution in [3.63, 3.8) is 0 Å². The summed E-state index contributed by atoms with van der Waals surface area (Å²) in [5, 5.41) is 13.8. The predicted molar refractivity (Wildman–Crippen MR) is 99.5 cm³/mol. The van der Waals surface area contributed by atoms with Gasteiger partial charge in [0.15, 0.2) is 0 Å². The molecular formula is C19H16ClN3O2. The van der Waals surface area contributed by atoms with Crippen LogP contribution < -0.4 is 15.6 Å². The summed E-state index contributed by atoms with van der Waals surface area (Å²) in [5.41, 5.74) is 2.66. The molecule has 0 aliphatic heterocycles. The summed E-state index contributed by atoms with van der Waals surface area (Å²) in [4.78, 5) is 15.0. The van der Waals surface area contributed by atoms with Crippen molar-refractivity contribution in [3.8, 4) is 11.8 Å². The molecule has 6 heteroatoms. The van der Waals surface area contributed by atoms with Gasteiger partial charge in [0.25, 0.3) is 5.56 Å². The van der Waals surface area contributed by atoms with Crippen molar-refractivity contribution < 1.29 is 4.74 Å². The van der Waals surface area contributed by atoms with E-state index in [1.807, 2.05) is 18.2 Å².